The van der Waals surface area contributed by atoms with Gasteiger partial charge in [0.05, 0.1) is 12.9 Å². The molecular formula is C13H19NO5S. The van der Waals surface area contributed by atoms with Crippen LogP contribution in [0, 0.1) is 0 Å². The van der Waals surface area contributed by atoms with Crippen molar-refractivity contribution in [1.82, 2.24) is 4.31 Å². The van der Waals surface area contributed by atoms with Crippen LogP contribution in [0.4, 0.5) is 0 Å². The molecule has 20 heavy (non-hydrogen) atoms. The summed E-state index contributed by atoms with van der Waals surface area (Å²) in [5.41, 5.74) is 0.534. The molecule has 0 saturated heterocycles. The van der Waals surface area contributed by atoms with Crippen molar-refractivity contribution in [2.24, 2.45) is 0 Å². The van der Waals surface area contributed by atoms with Gasteiger partial charge in [-0.2, -0.15) is 0 Å². The molecule has 0 radical (unpaired) electrons. The fourth-order valence-corrected chi connectivity index (χ4v) is 2.80. The summed E-state index contributed by atoms with van der Waals surface area (Å²) < 4.78 is 29.6. The first-order valence-electron chi connectivity index (χ1n) is 6.14. The monoisotopic (exact) mass is 301 g/mol. The van der Waals surface area contributed by atoms with Crippen LogP contribution in [0.2, 0.25) is 0 Å². The zero-order valence-corrected chi connectivity index (χ0v) is 12.4. The highest BCUT2D eigenvalue weighted by atomic mass is 32.2. The van der Waals surface area contributed by atoms with E-state index in [1.165, 1.54) is 24.5 Å². The van der Waals surface area contributed by atoms with Crippen LogP contribution in [0.15, 0.2) is 24.3 Å². The van der Waals surface area contributed by atoms with Gasteiger partial charge in [-0.25, -0.2) is 12.7 Å². The Hall–Kier alpha value is -1.60. The van der Waals surface area contributed by atoms with E-state index in [-0.39, 0.29) is 30.9 Å². The molecule has 0 bridgehead atoms. The third kappa shape index (κ3) is 4.82. The van der Waals surface area contributed by atoms with Gasteiger partial charge in [-0.15, -0.1) is 0 Å². The largest absolute Gasteiger partial charge is 0.508 e. The lowest BCUT2D eigenvalue weighted by molar-refractivity contribution is -0.140. The predicted molar refractivity (Wildman–Crippen MR) is 74.6 cm³/mol. The summed E-state index contributed by atoms with van der Waals surface area (Å²) in [5.74, 6) is -0.501. The normalized spacial score (nSPS) is 11.6. The number of ether oxygens (including phenoxy) is 1. The topological polar surface area (TPSA) is 83.9 Å². The first-order chi connectivity index (χ1) is 9.36. The molecular weight excluding hydrogens is 282 g/mol. The average molecular weight is 301 g/mol. The summed E-state index contributed by atoms with van der Waals surface area (Å²) in [5, 5.41) is 9.62. The average Bonchev–Trinajstić information content (AvgIpc) is 2.40. The van der Waals surface area contributed by atoms with Gasteiger partial charge in [0.25, 0.3) is 0 Å². The summed E-state index contributed by atoms with van der Waals surface area (Å²) in [6, 6.07) is 6.57. The minimum absolute atomic E-state index is 0.0594. The summed E-state index contributed by atoms with van der Waals surface area (Å²) in [7, 11) is -0.755. The van der Waals surface area contributed by atoms with Crippen LogP contribution in [-0.4, -0.2) is 43.7 Å². The van der Waals surface area contributed by atoms with E-state index in [1.807, 2.05) is 0 Å². The van der Waals surface area contributed by atoms with Crippen molar-refractivity contribution in [3.05, 3.63) is 29.8 Å². The number of carbonyl (C=O) groups excluding carboxylic acids is 1. The van der Waals surface area contributed by atoms with Crippen molar-refractivity contribution in [2.75, 3.05) is 19.9 Å². The van der Waals surface area contributed by atoms with Gasteiger partial charge in [0.1, 0.15) is 5.75 Å². The highest BCUT2D eigenvalue weighted by molar-refractivity contribution is 7.89. The molecule has 112 valence electrons. The number of carbonyl (C=O) groups is 1. The molecule has 0 aliphatic carbocycles. The van der Waals surface area contributed by atoms with Crippen LogP contribution in [0.1, 0.15) is 18.4 Å². The number of nitrogens with zero attached hydrogens (tertiary/aromatic N) is 1. The molecule has 0 atom stereocenters. The van der Waals surface area contributed by atoms with Crippen LogP contribution < -0.4 is 0 Å². The molecule has 0 aliphatic rings. The molecule has 1 N–H and O–H groups in total. The number of phenols is 1. The Balaban J connectivity index is 2.59. The van der Waals surface area contributed by atoms with Crippen LogP contribution in [0.3, 0.4) is 0 Å². The second-order valence-electron chi connectivity index (χ2n) is 4.38. The molecule has 0 spiro atoms. The van der Waals surface area contributed by atoms with Crippen molar-refractivity contribution in [3.8, 4) is 5.75 Å². The molecule has 0 saturated carbocycles. The Labute approximate surface area is 119 Å². The van der Waals surface area contributed by atoms with Gasteiger partial charge in [-0.3, -0.25) is 4.79 Å². The Bertz CT molecular complexity index is 556. The first-order valence-corrected chi connectivity index (χ1v) is 7.75. The zero-order chi connectivity index (χ0) is 15.2. The minimum Gasteiger partial charge on any atom is -0.508 e. The third-order valence-electron chi connectivity index (χ3n) is 2.87. The van der Waals surface area contributed by atoms with Gasteiger partial charge in [0.2, 0.25) is 10.0 Å². The second kappa shape index (κ2) is 7.25. The lowest BCUT2D eigenvalue weighted by Crippen LogP contribution is -2.29. The fourth-order valence-electron chi connectivity index (χ4n) is 1.64. The number of para-hydroxylation sites is 1. The minimum atomic E-state index is -3.46. The van der Waals surface area contributed by atoms with Crippen LogP contribution >= 0.6 is 0 Å². The third-order valence-corrected chi connectivity index (χ3v) is 4.75. The summed E-state index contributed by atoms with van der Waals surface area (Å²) in [6.07, 6.45) is 0.278. The maximum absolute atomic E-state index is 12.0. The molecule has 0 aromatic heterocycles. The summed E-state index contributed by atoms with van der Waals surface area (Å²) in [4.78, 5) is 10.9. The maximum atomic E-state index is 12.0. The molecule has 0 heterocycles. The molecule has 0 aliphatic heterocycles. The van der Waals surface area contributed by atoms with Crippen molar-refractivity contribution in [3.63, 3.8) is 0 Å². The maximum Gasteiger partial charge on any atom is 0.305 e. The van der Waals surface area contributed by atoms with Crippen molar-refractivity contribution < 1.29 is 23.1 Å². The lowest BCUT2D eigenvalue weighted by atomic mass is 10.2. The standard InChI is InChI=1S/C13H19NO5S/c1-14(10-11-6-3-4-7-12(11)15)20(17,18)9-5-8-13(16)19-2/h3-4,6-7,15H,5,8-10H2,1-2H3. The highest BCUT2D eigenvalue weighted by Gasteiger charge is 2.19. The van der Waals surface area contributed by atoms with Crippen LogP contribution in [0.25, 0.3) is 0 Å². The van der Waals surface area contributed by atoms with E-state index in [9.17, 15) is 18.3 Å². The predicted octanol–water partition coefficient (Wildman–Crippen LogP) is 1.11. The van der Waals surface area contributed by atoms with Gasteiger partial charge in [-0.05, 0) is 12.5 Å². The molecule has 7 heteroatoms. The molecule has 6 nitrogen and oxygen atoms in total. The van der Waals surface area contributed by atoms with E-state index in [0.29, 0.717) is 5.56 Å². The van der Waals surface area contributed by atoms with Crippen LogP contribution in [0.5, 0.6) is 5.75 Å². The van der Waals surface area contributed by atoms with E-state index in [2.05, 4.69) is 4.74 Å². The molecule has 0 unspecified atom stereocenters. The number of aromatic hydroxyl groups is 1. The fraction of sp³-hybridized carbons (Fsp3) is 0.462. The Morgan fingerprint density at radius 3 is 2.60 bits per heavy atom. The SMILES string of the molecule is COC(=O)CCCS(=O)(=O)N(C)Cc1ccccc1O. The van der Waals surface area contributed by atoms with Crippen LogP contribution in [-0.2, 0) is 26.1 Å². The van der Waals surface area contributed by atoms with E-state index in [4.69, 9.17) is 0 Å². The van der Waals surface area contributed by atoms with E-state index >= 15 is 0 Å². The highest BCUT2D eigenvalue weighted by Crippen LogP contribution is 2.18. The molecule has 0 fully saturated rings. The lowest BCUT2D eigenvalue weighted by Gasteiger charge is -2.17. The Morgan fingerprint density at radius 2 is 2.00 bits per heavy atom. The summed E-state index contributed by atoms with van der Waals surface area (Å²) in [6.45, 7) is 0.0905. The number of benzene rings is 1. The number of rotatable bonds is 7. The molecule has 1 rings (SSSR count). The van der Waals surface area contributed by atoms with Crippen molar-refractivity contribution >= 4 is 16.0 Å². The Kier molecular flexibility index (Phi) is 5.97. The van der Waals surface area contributed by atoms with E-state index < -0.39 is 16.0 Å². The smallest absolute Gasteiger partial charge is 0.305 e. The molecule has 1 aromatic carbocycles. The number of sulfonamides is 1. The number of esters is 1. The zero-order valence-electron chi connectivity index (χ0n) is 11.6. The van der Waals surface area contributed by atoms with Gasteiger partial charge in [0, 0.05) is 25.6 Å². The first kappa shape index (κ1) is 16.5. The van der Waals surface area contributed by atoms with Crippen molar-refractivity contribution in [2.45, 2.75) is 19.4 Å². The molecule has 0 amide bonds. The van der Waals surface area contributed by atoms with Gasteiger partial charge in [-0.1, -0.05) is 18.2 Å². The number of hydrogen-bond donors (Lipinski definition) is 1. The van der Waals surface area contributed by atoms with E-state index in [0.717, 1.165) is 0 Å². The van der Waals surface area contributed by atoms with E-state index in [1.54, 1.807) is 18.2 Å². The quantitative estimate of drug-likeness (QED) is 0.763. The van der Waals surface area contributed by atoms with Gasteiger partial charge < -0.3 is 9.84 Å². The van der Waals surface area contributed by atoms with Gasteiger partial charge in [0.15, 0.2) is 0 Å². The Morgan fingerprint density at radius 1 is 1.35 bits per heavy atom. The number of phenolic OH excluding ortho intramolecular Hbond substituents is 1. The van der Waals surface area contributed by atoms with Gasteiger partial charge >= 0.3 is 5.97 Å². The number of hydrogen-bond acceptors (Lipinski definition) is 5. The molecule has 1 aromatic rings. The second-order valence-corrected chi connectivity index (χ2v) is 6.58. The van der Waals surface area contributed by atoms with Crippen molar-refractivity contribution in [1.29, 1.82) is 0 Å². The number of methoxy groups -OCH3 is 1. The summed E-state index contributed by atoms with van der Waals surface area (Å²) >= 11 is 0.